The quantitative estimate of drug-likeness (QED) is 0.338. The zero-order valence-corrected chi connectivity index (χ0v) is 17.7. The number of para-hydroxylation sites is 1. The highest BCUT2D eigenvalue weighted by Gasteiger charge is 2.16. The van der Waals surface area contributed by atoms with Crippen LogP contribution in [0.1, 0.15) is 24.5 Å². The van der Waals surface area contributed by atoms with Gasteiger partial charge in [0, 0.05) is 12.3 Å². The van der Waals surface area contributed by atoms with Gasteiger partial charge in [-0.3, -0.25) is 13.8 Å². The molecule has 4 aromatic rings. The van der Waals surface area contributed by atoms with E-state index in [9.17, 15) is 4.79 Å². The summed E-state index contributed by atoms with van der Waals surface area (Å²) in [5, 5.41) is 10.1. The number of aromatic nitrogens is 4. The highest BCUT2D eigenvalue weighted by molar-refractivity contribution is 7.99. The van der Waals surface area contributed by atoms with Crippen molar-refractivity contribution in [2.75, 3.05) is 12.4 Å². The lowest BCUT2D eigenvalue weighted by atomic mass is 10.1. The van der Waals surface area contributed by atoms with Crippen molar-refractivity contribution in [1.82, 2.24) is 19.2 Å². The predicted molar refractivity (Wildman–Crippen MR) is 117 cm³/mol. The molecule has 150 valence electrons. The van der Waals surface area contributed by atoms with Crippen LogP contribution in [-0.2, 0) is 6.54 Å². The molecule has 2 aromatic carbocycles. The number of hydrogen-bond donors (Lipinski definition) is 0. The number of nitrogens with zero attached hydrogens (tertiary/aromatic N) is 4. The number of fused-ring (bicyclic) bond motifs is 3. The first-order valence-electron chi connectivity index (χ1n) is 9.79. The van der Waals surface area contributed by atoms with E-state index >= 15 is 0 Å². The Bertz CT molecular complexity index is 1230. The third-order valence-corrected chi connectivity index (χ3v) is 5.73. The molecule has 0 atom stereocenters. The zero-order valence-electron chi connectivity index (χ0n) is 16.9. The molecule has 29 heavy (non-hydrogen) atoms. The number of benzene rings is 2. The minimum Gasteiger partial charge on any atom is -0.492 e. The van der Waals surface area contributed by atoms with Crippen LogP contribution in [0.4, 0.5) is 0 Å². The monoisotopic (exact) mass is 408 g/mol. The molecule has 6 nitrogen and oxygen atoms in total. The molecule has 0 radical (unpaired) electrons. The molecule has 0 aliphatic rings. The van der Waals surface area contributed by atoms with Crippen LogP contribution in [-0.4, -0.2) is 31.5 Å². The summed E-state index contributed by atoms with van der Waals surface area (Å²) < 4.78 is 9.66. The number of ether oxygens (including phenoxy) is 1. The van der Waals surface area contributed by atoms with Gasteiger partial charge < -0.3 is 4.74 Å². The van der Waals surface area contributed by atoms with Crippen molar-refractivity contribution < 1.29 is 4.74 Å². The smallest absolute Gasteiger partial charge is 0.262 e. The van der Waals surface area contributed by atoms with Crippen molar-refractivity contribution in [3.8, 4) is 5.75 Å². The molecule has 0 saturated heterocycles. The van der Waals surface area contributed by atoms with E-state index in [1.54, 1.807) is 16.3 Å². The zero-order chi connectivity index (χ0) is 20.4. The Balaban J connectivity index is 1.61. The minimum atomic E-state index is -0.0165. The van der Waals surface area contributed by atoms with Gasteiger partial charge in [0.1, 0.15) is 5.75 Å². The van der Waals surface area contributed by atoms with Crippen molar-refractivity contribution in [1.29, 1.82) is 0 Å². The fourth-order valence-corrected chi connectivity index (χ4v) is 4.16. The summed E-state index contributed by atoms with van der Waals surface area (Å²) in [6, 6.07) is 13.8. The van der Waals surface area contributed by atoms with Crippen molar-refractivity contribution in [2.45, 2.75) is 38.9 Å². The van der Waals surface area contributed by atoms with Gasteiger partial charge in [-0.05, 0) is 49.6 Å². The highest BCUT2D eigenvalue weighted by atomic mass is 32.2. The van der Waals surface area contributed by atoms with E-state index in [1.165, 1.54) is 5.56 Å². The first-order chi connectivity index (χ1) is 14.1. The molecule has 0 aliphatic heterocycles. The van der Waals surface area contributed by atoms with Crippen molar-refractivity contribution >= 4 is 28.4 Å². The van der Waals surface area contributed by atoms with Gasteiger partial charge in [0.05, 0.1) is 17.5 Å². The third kappa shape index (κ3) is 3.74. The molecular weight excluding hydrogens is 384 g/mol. The van der Waals surface area contributed by atoms with Gasteiger partial charge in [-0.15, -0.1) is 10.2 Å². The normalized spacial score (nSPS) is 11.4. The lowest BCUT2D eigenvalue weighted by molar-refractivity contribution is 0.341. The Kier molecular flexibility index (Phi) is 5.58. The number of hydrogen-bond acceptors (Lipinski definition) is 5. The molecular formula is C22H24N4O2S. The van der Waals surface area contributed by atoms with Crippen LogP contribution in [0.15, 0.2) is 52.4 Å². The van der Waals surface area contributed by atoms with Gasteiger partial charge in [-0.1, -0.05) is 43.0 Å². The van der Waals surface area contributed by atoms with E-state index in [4.69, 9.17) is 4.74 Å². The molecule has 0 N–H and O–H groups in total. The molecule has 0 fully saturated rings. The molecule has 0 spiro atoms. The van der Waals surface area contributed by atoms with Crippen molar-refractivity contribution in [3.05, 3.63) is 63.9 Å². The summed E-state index contributed by atoms with van der Waals surface area (Å²) in [6.45, 7) is 7.34. The summed E-state index contributed by atoms with van der Waals surface area (Å²) in [4.78, 5) is 12.9. The molecule has 0 bridgehead atoms. The van der Waals surface area contributed by atoms with Gasteiger partial charge in [-0.25, -0.2) is 0 Å². The summed E-state index contributed by atoms with van der Waals surface area (Å²) in [5.74, 6) is 2.24. The van der Waals surface area contributed by atoms with Gasteiger partial charge in [-0.2, -0.15) is 0 Å². The molecule has 4 rings (SSSR count). The average molecular weight is 409 g/mol. The molecule has 2 heterocycles. The molecule has 0 aliphatic carbocycles. The minimum absolute atomic E-state index is 0.0165. The highest BCUT2D eigenvalue weighted by Crippen LogP contribution is 2.23. The summed E-state index contributed by atoms with van der Waals surface area (Å²) in [6.07, 6.45) is 0.854. The van der Waals surface area contributed by atoms with Crippen LogP contribution in [0.3, 0.4) is 0 Å². The molecule has 7 heteroatoms. The maximum absolute atomic E-state index is 12.9. The van der Waals surface area contributed by atoms with Crippen LogP contribution in [0.5, 0.6) is 5.75 Å². The maximum atomic E-state index is 12.9. The first kappa shape index (κ1) is 19.5. The van der Waals surface area contributed by atoms with Gasteiger partial charge in [0.2, 0.25) is 5.78 Å². The second kappa shape index (κ2) is 8.29. The largest absolute Gasteiger partial charge is 0.492 e. The molecule has 0 saturated carbocycles. The molecule has 0 amide bonds. The van der Waals surface area contributed by atoms with Crippen molar-refractivity contribution in [2.24, 2.45) is 0 Å². The maximum Gasteiger partial charge on any atom is 0.262 e. The Hall–Kier alpha value is -2.80. The Morgan fingerprint density at radius 1 is 1.10 bits per heavy atom. The summed E-state index contributed by atoms with van der Waals surface area (Å²) in [5.41, 5.74) is 3.13. The van der Waals surface area contributed by atoms with E-state index in [0.29, 0.717) is 24.3 Å². The van der Waals surface area contributed by atoms with E-state index in [2.05, 4.69) is 42.2 Å². The van der Waals surface area contributed by atoms with Gasteiger partial charge >= 0.3 is 0 Å². The third-order valence-electron chi connectivity index (χ3n) is 4.84. The van der Waals surface area contributed by atoms with Crippen LogP contribution in [0.2, 0.25) is 0 Å². The van der Waals surface area contributed by atoms with E-state index < -0.39 is 0 Å². The predicted octanol–water partition coefficient (Wildman–Crippen LogP) is 4.24. The number of rotatable bonds is 7. The Labute approximate surface area is 173 Å². The van der Waals surface area contributed by atoms with Crippen LogP contribution in [0, 0.1) is 13.8 Å². The number of aryl methyl sites for hydroxylation is 3. The summed E-state index contributed by atoms with van der Waals surface area (Å²) >= 11 is 1.58. The topological polar surface area (TPSA) is 61.4 Å². The van der Waals surface area contributed by atoms with E-state index in [1.807, 2.05) is 35.6 Å². The SMILES string of the molecule is CCCn1c(=O)c2ccccc2n2c(SCCOc3cc(C)ccc3C)nnc12. The number of thioether (sulfide) groups is 1. The van der Waals surface area contributed by atoms with E-state index in [0.717, 1.165) is 34.2 Å². The van der Waals surface area contributed by atoms with Gasteiger partial charge in [0.25, 0.3) is 5.56 Å². The average Bonchev–Trinajstić information content (AvgIpc) is 3.15. The fourth-order valence-electron chi connectivity index (χ4n) is 3.40. The Morgan fingerprint density at radius 3 is 2.76 bits per heavy atom. The molecule has 2 aromatic heterocycles. The van der Waals surface area contributed by atoms with E-state index in [-0.39, 0.29) is 5.56 Å². The Morgan fingerprint density at radius 2 is 1.93 bits per heavy atom. The lowest BCUT2D eigenvalue weighted by Crippen LogP contribution is -2.23. The first-order valence-corrected chi connectivity index (χ1v) is 10.8. The fraction of sp³-hybridized carbons (Fsp3) is 0.318. The lowest BCUT2D eigenvalue weighted by Gasteiger charge is -2.11. The van der Waals surface area contributed by atoms with Crippen LogP contribution < -0.4 is 10.3 Å². The van der Waals surface area contributed by atoms with Crippen LogP contribution in [0.25, 0.3) is 16.7 Å². The molecule has 0 unspecified atom stereocenters. The second-order valence-electron chi connectivity index (χ2n) is 7.06. The standard InChI is InChI=1S/C22H24N4O2S/c1-4-11-25-20(27)17-7-5-6-8-18(17)26-21(25)23-24-22(26)29-13-12-28-19-14-15(2)9-10-16(19)3/h5-10,14H,4,11-13H2,1-3H3. The van der Waals surface area contributed by atoms with Crippen molar-refractivity contribution in [3.63, 3.8) is 0 Å². The second-order valence-corrected chi connectivity index (χ2v) is 8.12. The van der Waals surface area contributed by atoms with Gasteiger partial charge in [0.15, 0.2) is 5.16 Å². The summed E-state index contributed by atoms with van der Waals surface area (Å²) in [7, 11) is 0. The van der Waals surface area contributed by atoms with Crippen LogP contribution >= 0.6 is 11.8 Å².